The van der Waals surface area contributed by atoms with Crippen molar-refractivity contribution in [1.29, 1.82) is 0 Å². The number of benzene rings is 1. The minimum absolute atomic E-state index is 0.0551. The lowest BCUT2D eigenvalue weighted by atomic mass is 10.0. The number of carbonyl (C=O) groups is 1. The first-order chi connectivity index (χ1) is 12.2. The molecule has 3 rings (SSSR count). The van der Waals surface area contributed by atoms with Gasteiger partial charge in [-0.05, 0) is 48.2 Å². The number of nitrogens with zero attached hydrogens (tertiary/aromatic N) is 3. The molecule has 1 N–H and O–H groups in total. The van der Waals surface area contributed by atoms with Crippen LogP contribution in [-0.4, -0.2) is 26.5 Å². The monoisotopic (exact) mass is 334 g/mol. The molecule has 5 heteroatoms. The molecular formula is C20H22N4O. The lowest BCUT2D eigenvalue weighted by Crippen LogP contribution is -2.37. The van der Waals surface area contributed by atoms with Crippen molar-refractivity contribution in [3.8, 4) is 11.1 Å². The number of hydrogen-bond acceptors (Lipinski definition) is 3. The summed E-state index contributed by atoms with van der Waals surface area (Å²) in [5, 5.41) is 3.11. The van der Waals surface area contributed by atoms with Crippen LogP contribution >= 0.6 is 0 Å². The van der Waals surface area contributed by atoms with Gasteiger partial charge in [0.2, 0.25) is 0 Å². The van der Waals surface area contributed by atoms with E-state index < -0.39 is 0 Å². The van der Waals surface area contributed by atoms with E-state index in [9.17, 15) is 4.79 Å². The summed E-state index contributed by atoms with van der Waals surface area (Å²) in [5.74, 6) is -0.0551. The van der Waals surface area contributed by atoms with Crippen LogP contribution in [0.15, 0.2) is 61.4 Å². The molecule has 1 atom stereocenters. The van der Waals surface area contributed by atoms with Crippen LogP contribution in [0.4, 0.5) is 0 Å². The molecule has 0 bridgehead atoms. The van der Waals surface area contributed by atoms with Crippen molar-refractivity contribution in [2.45, 2.75) is 32.9 Å². The summed E-state index contributed by atoms with van der Waals surface area (Å²) in [6.45, 7) is 4.80. The largest absolute Gasteiger partial charge is 0.348 e. The van der Waals surface area contributed by atoms with Gasteiger partial charge >= 0.3 is 0 Å². The van der Waals surface area contributed by atoms with Gasteiger partial charge < -0.3 is 9.88 Å². The van der Waals surface area contributed by atoms with Gasteiger partial charge in [-0.1, -0.05) is 19.1 Å². The summed E-state index contributed by atoms with van der Waals surface area (Å²) in [6, 6.07) is 9.75. The number of carbonyl (C=O) groups excluding carboxylic acids is 1. The van der Waals surface area contributed by atoms with Crippen LogP contribution in [0.5, 0.6) is 0 Å². The Kier molecular flexibility index (Phi) is 5.23. The Morgan fingerprint density at radius 3 is 2.84 bits per heavy atom. The van der Waals surface area contributed by atoms with Crippen molar-refractivity contribution in [2.24, 2.45) is 0 Å². The number of amides is 1. The van der Waals surface area contributed by atoms with Gasteiger partial charge in [-0.25, -0.2) is 4.98 Å². The summed E-state index contributed by atoms with van der Waals surface area (Å²) < 4.78 is 1.98. The fraction of sp³-hybridized carbons (Fsp3) is 0.250. The van der Waals surface area contributed by atoms with E-state index in [0.717, 1.165) is 23.1 Å². The molecule has 0 aliphatic rings. The van der Waals surface area contributed by atoms with E-state index in [1.165, 1.54) is 0 Å². The summed E-state index contributed by atoms with van der Waals surface area (Å²) in [7, 11) is 0. The quantitative estimate of drug-likeness (QED) is 0.751. The van der Waals surface area contributed by atoms with E-state index in [-0.39, 0.29) is 11.9 Å². The maximum absolute atomic E-state index is 12.7. The topological polar surface area (TPSA) is 59.8 Å². The molecule has 0 saturated carbocycles. The lowest BCUT2D eigenvalue weighted by Gasteiger charge is -2.18. The Labute approximate surface area is 147 Å². The van der Waals surface area contributed by atoms with E-state index in [0.29, 0.717) is 12.1 Å². The molecule has 0 aliphatic carbocycles. The molecule has 0 fully saturated rings. The summed E-state index contributed by atoms with van der Waals surface area (Å²) in [6.07, 6.45) is 9.87. The van der Waals surface area contributed by atoms with E-state index in [1.54, 1.807) is 18.7 Å². The summed E-state index contributed by atoms with van der Waals surface area (Å²) in [5.41, 5.74) is 3.87. The molecule has 3 aromatic rings. The molecule has 2 aromatic heterocycles. The first-order valence-electron chi connectivity index (χ1n) is 8.45. The molecule has 1 amide bonds. The van der Waals surface area contributed by atoms with Gasteiger partial charge in [0.1, 0.15) is 0 Å². The zero-order chi connectivity index (χ0) is 17.6. The van der Waals surface area contributed by atoms with Crippen molar-refractivity contribution in [2.75, 3.05) is 0 Å². The summed E-state index contributed by atoms with van der Waals surface area (Å²) in [4.78, 5) is 20.8. The maximum Gasteiger partial charge on any atom is 0.251 e. The first kappa shape index (κ1) is 16.9. The van der Waals surface area contributed by atoms with Gasteiger partial charge in [-0.2, -0.15) is 0 Å². The molecule has 5 nitrogen and oxygen atoms in total. The predicted octanol–water partition coefficient (Wildman–Crippen LogP) is 3.46. The molecule has 0 spiro atoms. The Bertz CT molecular complexity index is 842. The molecule has 0 unspecified atom stereocenters. The normalized spacial score (nSPS) is 11.9. The third-order valence-corrected chi connectivity index (χ3v) is 4.27. The van der Waals surface area contributed by atoms with Crippen molar-refractivity contribution in [3.05, 3.63) is 72.6 Å². The fourth-order valence-electron chi connectivity index (χ4n) is 2.82. The van der Waals surface area contributed by atoms with Crippen LogP contribution in [0.25, 0.3) is 11.1 Å². The number of rotatable bonds is 6. The van der Waals surface area contributed by atoms with Gasteiger partial charge in [0.15, 0.2) is 0 Å². The number of nitrogens with one attached hydrogen (secondary N) is 1. The Hall–Kier alpha value is -2.95. The highest BCUT2D eigenvalue weighted by molar-refractivity contribution is 5.95. The smallest absolute Gasteiger partial charge is 0.251 e. The second-order valence-corrected chi connectivity index (χ2v) is 6.11. The van der Waals surface area contributed by atoms with E-state index in [4.69, 9.17) is 0 Å². The van der Waals surface area contributed by atoms with Crippen LogP contribution < -0.4 is 5.32 Å². The number of pyridine rings is 1. The predicted molar refractivity (Wildman–Crippen MR) is 98.2 cm³/mol. The van der Waals surface area contributed by atoms with E-state index in [2.05, 4.69) is 22.2 Å². The minimum Gasteiger partial charge on any atom is -0.348 e. The standard InChI is InChI=1S/C20H22N4O/c1-3-18(13-24-10-9-22-14-24)23-20(25)17-6-4-5-16(11-17)19-7-8-21-12-15(19)2/h4-12,14,18H,3,13H2,1-2H3,(H,23,25)/t18-/m1/s1. The van der Waals surface area contributed by atoms with Gasteiger partial charge in [0.25, 0.3) is 5.91 Å². The van der Waals surface area contributed by atoms with E-state index >= 15 is 0 Å². The molecular weight excluding hydrogens is 312 g/mol. The molecule has 0 radical (unpaired) electrons. The van der Waals surface area contributed by atoms with Gasteiger partial charge in [0, 0.05) is 42.9 Å². The third-order valence-electron chi connectivity index (χ3n) is 4.27. The lowest BCUT2D eigenvalue weighted by molar-refractivity contribution is 0.0932. The number of hydrogen-bond donors (Lipinski definition) is 1. The Morgan fingerprint density at radius 2 is 2.12 bits per heavy atom. The van der Waals surface area contributed by atoms with Gasteiger partial charge in [-0.3, -0.25) is 9.78 Å². The maximum atomic E-state index is 12.7. The molecule has 128 valence electrons. The average molecular weight is 334 g/mol. The number of aryl methyl sites for hydroxylation is 1. The van der Waals surface area contributed by atoms with Crippen molar-refractivity contribution >= 4 is 5.91 Å². The van der Waals surface area contributed by atoms with Gasteiger partial charge in [0.05, 0.1) is 6.33 Å². The second kappa shape index (κ2) is 7.75. The first-order valence-corrected chi connectivity index (χ1v) is 8.45. The molecule has 25 heavy (non-hydrogen) atoms. The number of aromatic nitrogens is 3. The molecule has 1 aromatic carbocycles. The van der Waals surface area contributed by atoms with Crippen LogP contribution in [-0.2, 0) is 6.54 Å². The molecule has 0 aliphatic heterocycles. The average Bonchev–Trinajstić information content (AvgIpc) is 3.14. The van der Waals surface area contributed by atoms with E-state index in [1.807, 2.05) is 54.2 Å². The highest BCUT2D eigenvalue weighted by Gasteiger charge is 2.13. The number of imidazole rings is 1. The highest BCUT2D eigenvalue weighted by atomic mass is 16.1. The van der Waals surface area contributed by atoms with Crippen LogP contribution in [0.3, 0.4) is 0 Å². The fourth-order valence-corrected chi connectivity index (χ4v) is 2.82. The Morgan fingerprint density at radius 1 is 1.24 bits per heavy atom. The highest BCUT2D eigenvalue weighted by Crippen LogP contribution is 2.23. The molecule has 0 saturated heterocycles. The summed E-state index contributed by atoms with van der Waals surface area (Å²) >= 11 is 0. The van der Waals surface area contributed by atoms with Crippen molar-refractivity contribution in [3.63, 3.8) is 0 Å². The van der Waals surface area contributed by atoms with Crippen LogP contribution in [0.2, 0.25) is 0 Å². The Balaban J connectivity index is 1.76. The van der Waals surface area contributed by atoms with Crippen LogP contribution in [0, 0.1) is 6.92 Å². The molecule has 2 heterocycles. The minimum atomic E-state index is -0.0551. The SMILES string of the molecule is CC[C@H](Cn1ccnc1)NC(=O)c1cccc(-c2ccncc2C)c1. The van der Waals surface area contributed by atoms with Crippen molar-refractivity contribution < 1.29 is 4.79 Å². The zero-order valence-electron chi connectivity index (χ0n) is 14.5. The van der Waals surface area contributed by atoms with Gasteiger partial charge in [-0.15, -0.1) is 0 Å². The zero-order valence-corrected chi connectivity index (χ0v) is 14.5. The third kappa shape index (κ3) is 4.12. The van der Waals surface area contributed by atoms with Crippen molar-refractivity contribution in [1.82, 2.24) is 19.9 Å². The van der Waals surface area contributed by atoms with Crippen LogP contribution in [0.1, 0.15) is 29.3 Å². The second-order valence-electron chi connectivity index (χ2n) is 6.11.